The van der Waals surface area contributed by atoms with Gasteiger partial charge in [0.1, 0.15) is 0 Å². The molecule has 0 aromatic heterocycles. The molecule has 0 rings (SSSR count). The minimum absolute atomic E-state index is 0.326. The van der Waals surface area contributed by atoms with Crippen LogP contribution in [0.25, 0.3) is 0 Å². The third kappa shape index (κ3) is 7.06. The van der Waals surface area contributed by atoms with E-state index in [2.05, 4.69) is 6.58 Å². The lowest BCUT2D eigenvalue weighted by atomic mass is 10.2. The molecular formula is C9H15NO7S2. The highest BCUT2D eigenvalue weighted by Crippen LogP contribution is 2.09. The molecule has 0 saturated carbocycles. The number of nitrogens with one attached hydrogen (secondary N) is 1. The molecule has 1 atom stereocenters. The van der Waals surface area contributed by atoms with Crippen molar-refractivity contribution in [3.05, 3.63) is 23.6 Å². The van der Waals surface area contributed by atoms with Crippen molar-refractivity contribution in [2.45, 2.75) is 19.2 Å². The van der Waals surface area contributed by atoms with E-state index in [0.29, 0.717) is 11.5 Å². The van der Waals surface area contributed by atoms with E-state index in [1.807, 2.05) is 5.32 Å². The van der Waals surface area contributed by atoms with E-state index in [4.69, 9.17) is 9.11 Å². The van der Waals surface area contributed by atoms with E-state index in [1.54, 1.807) is 0 Å². The zero-order valence-corrected chi connectivity index (χ0v) is 11.9. The molecule has 1 unspecified atom stereocenters. The van der Waals surface area contributed by atoms with E-state index in [-0.39, 0.29) is 0 Å². The molecule has 1 amide bonds. The van der Waals surface area contributed by atoms with Crippen LogP contribution < -0.4 is 5.32 Å². The lowest BCUT2D eigenvalue weighted by Crippen LogP contribution is -2.44. The number of amides is 1. The van der Waals surface area contributed by atoms with Crippen LogP contribution in [0.1, 0.15) is 13.8 Å². The van der Waals surface area contributed by atoms with Crippen LogP contribution in [0.4, 0.5) is 0 Å². The molecule has 0 spiro atoms. The first kappa shape index (κ1) is 17.8. The van der Waals surface area contributed by atoms with Gasteiger partial charge in [0.25, 0.3) is 26.1 Å². The van der Waals surface area contributed by atoms with Gasteiger partial charge in [0, 0.05) is 5.57 Å². The van der Waals surface area contributed by atoms with E-state index < -0.39 is 43.0 Å². The predicted octanol–water partition coefficient (Wildman–Crippen LogP) is -0.0698. The quantitative estimate of drug-likeness (QED) is 0.354. The fraction of sp³-hybridized carbons (Fsp3) is 0.444. The molecule has 0 fully saturated rings. The fourth-order valence-electron chi connectivity index (χ4n) is 1.05. The summed E-state index contributed by atoms with van der Waals surface area (Å²) < 4.78 is 60.2. The number of hydrogen-bond acceptors (Lipinski definition) is 5. The number of carbonyl (C=O) groups excluding carboxylic acids is 1. The van der Waals surface area contributed by atoms with Crippen molar-refractivity contribution in [1.29, 1.82) is 0 Å². The second kappa shape index (κ2) is 6.28. The Hall–Kier alpha value is -1.23. The maximum atomic E-state index is 11.5. The van der Waals surface area contributed by atoms with Gasteiger partial charge in [0.05, 0.1) is 5.41 Å². The summed E-state index contributed by atoms with van der Waals surface area (Å²) in [4.78, 5) is 11.5. The highest BCUT2D eigenvalue weighted by atomic mass is 32.2. The smallest absolute Gasteiger partial charge is 0.287 e. The monoisotopic (exact) mass is 313 g/mol. The Kier molecular flexibility index (Phi) is 5.87. The summed E-state index contributed by atoms with van der Waals surface area (Å²) in [7, 11) is -8.92. The summed E-state index contributed by atoms with van der Waals surface area (Å²) in [5.74, 6) is -1.60. The second-order valence-electron chi connectivity index (χ2n) is 4.00. The molecule has 0 heterocycles. The zero-order valence-electron chi connectivity index (χ0n) is 10.3. The van der Waals surface area contributed by atoms with Crippen LogP contribution in [0.2, 0.25) is 0 Å². The molecule has 0 saturated heterocycles. The van der Waals surface area contributed by atoms with E-state index in [0.717, 1.165) is 0 Å². The van der Waals surface area contributed by atoms with Crippen molar-refractivity contribution in [3.8, 4) is 0 Å². The van der Waals surface area contributed by atoms with Gasteiger partial charge in [0.2, 0.25) is 0 Å². The van der Waals surface area contributed by atoms with Crippen molar-refractivity contribution < 1.29 is 30.7 Å². The molecule has 0 bridgehead atoms. The molecule has 8 nitrogen and oxygen atoms in total. The highest BCUT2D eigenvalue weighted by molar-refractivity contribution is 7.88. The molecule has 0 radical (unpaired) electrons. The Morgan fingerprint density at radius 2 is 1.68 bits per heavy atom. The minimum Gasteiger partial charge on any atom is -0.333 e. The summed E-state index contributed by atoms with van der Waals surface area (Å²) in [6.45, 7) is 6.11. The van der Waals surface area contributed by atoms with Crippen LogP contribution >= 0.6 is 0 Å². The van der Waals surface area contributed by atoms with Gasteiger partial charge >= 0.3 is 0 Å². The molecule has 3 N–H and O–H groups in total. The van der Waals surface area contributed by atoms with Gasteiger partial charge in [-0.05, 0) is 12.0 Å². The van der Waals surface area contributed by atoms with Crippen molar-refractivity contribution in [1.82, 2.24) is 5.32 Å². The average Bonchev–Trinajstić information content (AvgIpc) is 2.18. The topological polar surface area (TPSA) is 138 Å². The van der Waals surface area contributed by atoms with Crippen molar-refractivity contribution in [3.63, 3.8) is 0 Å². The van der Waals surface area contributed by atoms with Crippen molar-refractivity contribution in [2.24, 2.45) is 5.92 Å². The lowest BCUT2D eigenvalue weighted by Gasteiger charge is -2.19. The molecule has 10 heteroatoms. The number of hydrogen-bond donors (Lipinski definition) is 3. The molecule has 110 valence electrons. The first-order valence-electron chi connectivity index (χ1n) is 4.96. The normalized spacial score (nSPS) is 14.6. The van der Waals surface area contributed by atoms with Gasteiger partial charge < -0.3 is 5.32 Å². The van der Waals surface area contributed by atoms with Crippen LogP contribution in [0.5, 0.6) is 0 Å². The zero-order chi connectivity index (χ0) is 15.4. The van der Waals surface area contributed by atoms with Gasteiger partial charge in [-0.25, -0.2) is 0 Å². The van der Waals surface area contributed by atoms with Gasteiger partial charge in [-0.15, -0.1) is 0 Å². The first-order valence-corrected chi connectivity index (χ1v) is 7.97. The lowest BCUT2D eigenvalue weighted by molar-refractivity contribution is -0.117. The Bertz CT molecular complexity index is 586. The summed E-state index contributed by atoms with van der Waals surface area (Å²) in [6, 6.07) is 0. The summed E-state index contributed by atoms with van der Waals surface area (Å²) in [6.07, 6.45) is 0.700. The minimum atomic E-state index is -4.50. The number of rotatable bonds is 6. The molecular weight excluding hydrogens is 298 g/mol. The first-order chi connectivity index (χ1) is 8.34. The molecule has 0 aliphatic carbocycles. The molecule has 0 aliphatic rings. The van der Waals surface area contributed by atoms with Crippen molar-refractivity contribution >= 4 is 26.1 Å². The van der Waals surface area contributed by atoms with Crippen LogP contribution in [-0.4, -0.2) is 37.2 Å². The Labute approximate surface area is 111 Å². The molecule has 0 aromatic carbocycles. The number of carbonyl (C=O) groups is 1. The molecule has 0 aliphatic heterocycles. The fourth-order valence-corrected chi connectivity index (χ4v) is 2.33. The van der Waals surface area contributed by atoms with Gasteiger partial charge in [0.15, 0.2) is 5.37 Å². The summed E-state index contributed by atoms with van der Waals surface area (Å²) in [5, 5.41) is 0.769. The van der Waals surface area contributed by atoms with Crippen LogP contribution in [0, 0.1) is 5.92 Å². The Balaban J connectivity index is 4.96. The Morgan fingerprint density at radius 1 is 1.21 bits per heavy atom. The van der Waals surface area contributed by atoms with Crippen LogP contribution in [0.3, 0.4) is 0 Å². The van der Waals surface area contributed by atoms with Crippen molar-refractivity contribution in [2.75, 3.05) is 0 Å². The maximum absolute atomic E-state index is 11.5. The van der Waals surface area contributed by atoms with E-state index in [9.17, 15) is 21.6 Å². The highest BCUT2D eigenvalue weighted by Gasteiger charge is 2.28. The third-order valence-electron chi connectivity index (χ3n) is 1.93. The van der Waals surface area contributed by atoms with Gasteiger partial charge in [-0.1, -0.05) is 20.4 Å². The van der Waals surface area contributed by atoms with Gasteiger partial charge in [-0.3, -0.25) is 13.9 Å². The van der Waals surface area contributed by atoms with Gasteiger partial charge in [-0.2, -0.15) is 16.8 Å². The van der Waals surface area contributed by atoms with Crippen LogP contribution in [-0.2, 0) is 25.0 Å². The second-order valence-corrected chi connectivity index (χ2v) is 6.84. The molecule has 19 heavy (non-hydrogen) atoms. The van der Waals surface area contributed by atoms with E-state index in [1.165, 1.54) is 13.8 Å². The van der Waals surface area contributed by atoms with Crippen LogP contribution in [0.15, 0.2) is 23.6 Å². The SMILES string of the molecule is C=C(C=CS(=O)(=O)O)C(=O)NC(C(C)C)S(=O)(=O)O. The predicted molar refractivity (Wildman–Crippen MR) is 68.1 cm³/mol. The molecule has 0 aromatic rings. The summed E-state index contributed by atoms with van der Waals surface area (Å²) in [5.41, 5.74) is -0.396. The Morgan fingerprint density at radius 3 is 2.00 bits per heavy atom. The van der Waals surface area contributed by atoms with E-state index >= 15 is 0 Å². The standard InChI is InChI=1S/C9H15NO7S2/c1-6(2)9(19(15,16)17)10-8(11)7(3)4-5-18(12,13)14/h4-6,9H,3H2,1-2H3,(H,10,11)(H,12,13,14)(H,15,16,17). The largest absolute Gasteiger partial charge is 0.333 e. The third-order valence-corrected chi connectivity index (χ3v) is 3.72. The summed E-state index contributed by atoms with van der Waals surface area (Å²) >= 11 is 0. The average molecular weight is 313 g/mol. The maximum Gasteiger partial charge on any atom is 0.287 e.